The molecule has 19 heavy (non-hydrogen) atoms. The van der Waals surface area contributed by atoms with E-state index in [9.17, 15) is 4.79 Å². The molecular weight excluding hydrogens is 244 g/mol. The Labute approximate surface area is 113 Å². The minimum Gasteiger partial charge on any atom is -0.484 e. The van der Waals surface area contributed by atoms with E-state index in [0.29, 0.717) is 11.5 Å². The van der Waals surface area contributed by atoms with Gasteiger partial charge in [0.2, 0.25) is 0 Å². The smallest absolute Gasteiger partial charge is 0.258 e. The Balaban J connectivity index is 2.61. The Morgan fingerprint density at radius 3 is 2.68 bits per heavy atom. The molecule has 2 N–H and O–H groups in total. The highest BCUT2D eigenvalue weighted by Gasteiger charge is 2.13. The van der Waals surface area contributed by atoms with Gasteiger partial charge in [0.1, 0.15) is 5.75 Å². The highest BCUT2D eigenvalue weighted by molar-refractivity contribution is 5.98. The predicted molar refractivity (Wildman–Crippen MR) is 73.8 cm³/mol. The fraction of sp³-hybridized carbons (Fsp3) is 0.429. The van der Waals surface area contributed by atoms with Gasteiger partial charge in [0.25, 0.3) is 5.91 Å². The van der Waals surface area contributed by atoms with Crippen molar-refractivity contribution >= 4 is 11.6 Å². The van der Waals surface area contributed by atoms with Crippen molar-refractivity contribution in [1.29, 1.82) is 0 Å². The molecule has 0 bridgehead atoms. The molecule has 0 fully saturated rings. The van der Waals surface area contributed by atoms with Crippen molar-refractivity contribution in [2.45, 2.75) is 33.2 Å². The summed E-state index contributed by atoms with van der Waals surface area (Å²) in [4.78, 5) is 11.6. The molecule has 1 rings (SSSR count). The monoisotopic (exact) mass is 264 g/mol. The van der Waals surface area contributed by atoms with Gasteiger partial charge < -0.3 is 15.3 Å². The number of benzene rings is 1. The van der Waals surface area contributed by atoms with E-state index in [-0.39, 0.29) is 18.1 Å². The summed E-state index contributed by atoms with van der Waals surface area (Å²) in [5.74, 6) is 0.384. The number of hydrogen-bond donors (Lipinski definition) is 2. The fourth-order valence-corrected chi connectivity index (χ4v) is 1.47. The molecule has 0 aliphatic rings. The minimum absolute atomic E-state index is 0.0456. The molecular formula is C14H20N2O3. The second-order valence-electron chi connectivity index (χ2n) is 5.30. The number of hydrogen-bond acceptors (Lipinski definition) is 4. The first-order valence-electron chi connectivity index (χ1n) is 6.05. The largest absolute Gasteiger partial charge is 0.484 e. The molecule has 0 aliphatic heterocycles. The Morgan fingerprint density at radius 1 is 1.42 bits per heavy atom. The van der Waals surface area contributed by atoms with Gasteiger partial charge in [-0.25, -0.2) is 0 Å². The maximum Gasteiger partial charge on any atom is 0.258 e. The van der Waals surface area contributed by atoms with Crippen LogP contribution in [0.15, 0.2) is 29.4 Å². The van der Waals surface area contributed by atoms with Crippen LogP contribution in [-0.2, 0) is 4.79 Å². The van der Waals surface area contributed by atoms with Crippen molar-refractivity contribution in [3.05, 3.63) is 29.8 Å². The van der Waals surface area contributed by atoms with Crippen LogP contribution in [0, 0.1) is 0 Å². The third kappa shape index (κ3) is 5.42. The molecule has 5 nitrogen and oxygen atoms in total. The van der Waals surface area contributed by atoms with Crippen LogP contribution in [0.5, 0.6) is 5.75 Å². The first-order valence-corrected chi connectivity index (χ1v) is 6.05. The number of oxime groups is 1. The lowest BCUT2D eigenvalue weighted by Crippen LogP contribution is -2.43. The van der Waals surface area contributed by atoms with Crippen LogP contribution >= 0.6 is 0 Å². The SMILES string of the molecule is C/C(=N\O)c1cccc(OCC(=O)NC(C)(C)C)c1. The van der Waals surface area contributed by atoms with E-state index in [1.165, 1.54) is 0 Å². The van der Waals surface area contributed by atoms with E-state index in [0.717, 1.165) is 5.56 Å². The second kappa shape index (κ2) is 6.22. The normalized spacial score (nSPS) is 12.1. The van der Waals surface area contributed by atoms with E-state index in [1.807, 2.05) is 20.8 Å². The third-order valence-electron chi connectivity index (χ3n) is 2.29. The molecule has 0 saturated heterocycles. The van der Waals surface area contributed by atoms with Crippen LogP contribution in [0.2, 0.25) is 0 Å². The van der Waals surface area contributed by atoms with Crippen LogP contribution < -0.4 is 10.1 Å². The molecule has 0 unspecified atom stereocenters. The lowest BCUT2D eigenvalue weighted by atomic mass is 10.1. The van der Waals surface area contributed by atoms with Crippen LogP contribution in [0.4, 0.5) is 0 Å². The zero-order valence-corrected chi connectivity index (χ0v) is 11.7. The van der Waals surface area contributed by atoms with Crippen LogP contribution in [0.1, 0.15) is 33.3 Å². The summed E-state index contributed by atoms with van der Waals surface area (Å²) in [6, 6.07) is 7.05. The Bertz CT molecular complexity index is 476. The Hall–Kier alpha value is -2.04. The van der Waals surface area contributed by atoms with Crippen molar-refractivity contribution in [3.63, 3.8) is 0 Å². The van der Waals surface area contributed by atoms with Crippen molar-refractivity contribution < 1.29 is 14.7 Å². The standard InChI is InChI=1S/C14H20N2O3/c1-10(16-18)11-6-5-7-12(8-11)19-9-13(17)15-14(2,3)4/h5-8,18H,9H2,1-4H3,(H,15,17)/b16-10+. The summed E-state index contributed by atoms with van der Waals surface area (Å²) in [6.45, 7) is 7.37. The topological polar surface area (TPSA) is 70.9 Å². The number of ether oxygens (including phenoxy) is 1. The van der Waals surface area contributed by atoms with Crippen molar-refractivity contribution in [2.75, 3.05) is 6.61 Å². The number of nitrogens with one attached hydrogen (secondary N) is 1. The van der Waals surface area contributed by atoms with Crippen molar-refractivity contribution in [1.82, 2.24) is 5.32 Å². The fourth-order valence-electron chi connectivity index (χ4n) is 1.47. The highest BCUT2D eigenvalue weighted by Crippen LogP contribution is 2.14. The molecule has 0 radical (unpaired) electrons. The van der Waals surface area contributed by atoms with Crippen molar-refractivity contribution in [3.8, 4) is 5.75 Å². The van der Waals surface area contributed by atoms with Crippen LogP contribution in [0.3, 0.4) is 0 Å². The molecule has 0 spiro atoms. The van der Waals surface area contributed by atoms with Gasteiger partial charge in [-0.2, -0.15) is 0 Å². The Kier molecular flexibility index (Phi) is 4.92. The predicted octanol–water partition coefficient (Wildman–Crippen LogP) is 2.18. The zero-order valence-electron chi connectivity index (χ0n) is 11.7. The molecule has 1 amide bonds. The maximum absolute atomic E-state index is 11.6. The maximum atomic E-state index is 11.6. The molecule has 0 saturated carbocycles. The molecule has 5 heteroatoms. The summed E-state index contributed by atoms with van der Waals surface area (Å²) in [5, 5.41) is 14.6. The van der Waals surface area contributed by atoms with E-state index >= 15 is 0 Å². The quantitative estimate of drug-likeness (QED) is 0.497. The lowest BCUT2D eigenvalue weighted by molar-refractivity contribution is -0.124. The van der Waals surface area contributed by atoms with Gasteiger partial charge in [-0.1, -0.05) is 17.3 Å². The third-order valence-corrected chi connectivity index (χ3v) is 2.29. The summed E-state index contributed by atoms with van der Waals surface area (Å²) in [6.07, 6.45) is 0. The number of nitrogens with zero attached hydrogens (tertiary/aromatic N) is 1. The van der Waals surface area contributed by atoms with E-state index in [1.54, 1.807) is 31.2 Å². The molecule has 1 aromatic carbocycles. The molecule has 1 aromatic rings. The van der Waals surface area contributed by atoms with Gasteiger partial charge in [0, 0.05) is 11.1 Å². The van der Waals surface area contributed by atoms with Crippen LogP contribution in [0.25, 0.3) is 0 Å². The average molecular weight is 264 g/mol. The first-order chi connectivity index (χ1) is 8.81. The molecule has 0 aromatic heterocycles. The van der Waals surface area contributed by atoms with Gasteiger partial charge in [0.15, 0.2) is 6.61 Å². The second-order valence-corrected chi connectivity index (χ2v) is 5.30. The summed E-state index contributed by atoms with van der Waals surface area (Å²) < 4.78 is 5.40. The minimum atomic E-state index is -0.275. The van der Waals surface area contributed by atoms with Crippen molar-refractivity contribution in [2.24, 2.45) is 5.16 Å². The molecule has 0 atom stereocenters. The van der Waals surface area contributed by atoms with Gasteiger partial charge >= 0.3 is 0 Å². The number of carbonyl (C=O) groups excluding carboxylic acids is 1. The van der Waals surface area contributed by atoms with Crippen LogP contribution in [-0.4, -0.2) is 29.0 Å². The van der Waals surface area contributed by atoms with Gasteiger partial charge in [-0.3, -0.25) is 4.79 Å². The zero-order chi connectivity index (χ0) is 14.5. The van der Waals surface area contributed by atoms with E-state index in [2.05, 4.69) is 10.5 Å². The first kappa shape index (κ1) is 15.0. The average Bonchev–Trinajstić information content (AvgIpc) is 2.34. The summed E-state index contributed by atoms with van der Waals surface area (Å²) in [5.41, 5.74) is 0.962. The molecule has 104 valence electrons. The number of rotatable bonds is 4. The van der Waals surface area contributed by atoms with Gasteiger partial charge in [0.05, 0.1) is 5.71 Å². The molecule has 0 aliphatic carbocycles. The molecule has 0 heterocycles. The Morgan fingerprint density at radius 2 is 2.11 bits per heavy atom. The van der Waals surface area contributed by atoms with Gasteiger partial charge in [-0.15, -0.1) is 0 Å². The highest BCUT2D eigenvalue weighted by atomic mass is 16.5. The lowest BCUT2D eigenvalue weighted by Gasteiger charge is -2.20. The summed E-state index contributed by atoms with van der Waals surface area (Å²) in [7, 11) is 0. The number of carbonyl (C=O) groups is 1. The van der Waals surface area contributed by atoms with E-state index in [4.69, 9.17) is 9.94 Å². The summed E-state index contributed by atoms with van der Waals surface area (Å²) >= 11 is 0. The number of amides is 1. The van der Waals surface area contributed by atoms with Gasteiger partial charge in [-0.05, 0) is 39.8 Å². The van der Waals surface area contributed by atoms with E-state index < -0.39 is 0 Å².